The normalized spacial score (nSPS) is 11.7. The van der Waals surface area contributed by atoms with Gasteiger partial charge in [-0.1, -0.05) is 0 Å². The zero-order valence-corrected chi connectivity index (χ0v) is 10.2. The third kappa shape index (κ3) is 4.02. The van der Waals surface area contributed by atoms with Crippen LogP contribution in [-0.2, 0) is 6.54 Å². The lowest BCUT2D eigenvalue weighted by Crippen LogP contribution is -2.35. The molecule has 4 nitrogen and oxygen atoms in total. The van der Waals surface area contributed by atoms with Crippen molar-refractivity contribution in [3.8, 4) is 0 Å². The van der Waals surface area contributed by atoms with Gasteiger partial charge in [0, 0.05) is 12.1 Å². The molecule has 1 aromatic rings. The van der Waals surface area contributed by atoms with E-state index in [2.05, 4.69) is 52.0 Å². The number of aromatic nitrogens is 2. The second-order valence-corrected chi connectivity index (χ2v) is 4.96. The van der Waals surface area contributed by atoms with E-state index in [9.17, 15) is 0 Å². The van der Waals surface area contributed by atoms with Gasteiger partial charge in [0.2, 0.25) is 5.95 Å². The van der Waals surface area contributed by atoms with Gasteiger partial charge in [0.15, 0.2) is 0 Å². The van der Waals surface area contributed by atoms with Crippen LogP contribution < -0.4 is 11.1 Å². The van der Waals surface area contributed by atoms with Crippen molar-refractivity contribution in [2.24, 2.45) is 0 Å². The molecular weight excluding hydrogens is 244 g/mol. The van der Waals surface area contributed by atoms with E-state index in [4.69, 9.17) is 5.73 Å². The monoisotopic (exact) mass is 258 g/mol. The Kier molecular flexibility index (Phi) is 3.44. The van der Waals surface area contributed by atoms with Crippen molar-refractivity contribution in [2.45, 2.75) is 32.9 Å². The van der Waals surface area contributed by atoms with Crippen molar-refractivity contribution in [1.82, 2.24) is 15.3 Å². The fourth-order valence-corrected chi connectivity index (χ4v) is 1.38. The molecule has 0 atom stereocenters. The molecule has 0 amide bonds. The largest absolute Gasteiger partial charge is 0.368 e. The molecule has 1 aromatic heterocycles. The number of nitrogens with one attached hydrogen (secondary N) is 1. The van der Waals surface area contributed by atoms with E-state index in [0.29, 0.717) is 12.5 Å². The number of halogens is 1. The summed E-state index contributed by atoms with van der Waals surface area (Å²) < 4.78 is 0.718. The second-order valence-electron chi connectivity index (χ2n) is 4.14. The fourth-order valence-electron chi connectivity index (χ4n) is 0.930. The highest BCUT2D eigenvalue weighted by atomic mass is 79.9. The zero-order chi connectivity index (χ0) is 10.8. The van der Waals surface area contributed by atoms with E-state index in [1.165, 1.54) is 0 Å². The van der Waals surface area contributed by atoms with Crippen LogP contribution in [0.4, 0.5) is 5.95 Å². The van der Waals surface area contributed by atoms with Crippen LogP contribution in [0.3, 0.4) is 0 Å². The van der Waals surface area contributed by atoms with Crippen LogP contribution in [0.5, 0.6) is 0 Å². The summed E-state index contributed by atoms with van der Waals surface area (Å²) in [6.07, 6.45) is 0. The third-order valence-corrected chi connectivity index (χ3v) is 1.97. The minimum absolute atomic E-state index is 0.0756. The van der Waals surface area contributed by atoms with Crippen LogP contribution in [0.2, 0.25) is 0 Å². The predicted octanol–water partition coefficient (Wildman–Crippen LogP) is 1.71. The standard InChI is InChI=1S/C9H15BrN4/c1-9(2,3)12-5-6-4-7(10)14-8(11)13-6/h4,12H,5H2,1-3H3,(H2,11,13,14). The van der Waals surface area contributed by atoms with Gasteiger partial charge >= 0.3 is 0 Å². The molecule has 78 valence electrons. The van der Waals surface area contributed by atoms with Crippen LogP contribution in [0.15, 0.2) is 10.7 Å². The van der Waals surface area contributed by atoms with Crippen LogP contribution in [-0.4, -0.2) is 15.5 Å². The smallest absolute Gasteiger partial charge is 0.221 e. The molecule has 14 heavy (non-hydrogen) atoms. The Morgan fingerprint density at radius 2 is 2.07 bits per heavy atom. The lowest BCUT2D eigenvalue weighted by atomic mass is 10.1. The average molecular weight is 259 g/mol. The molecule has 0 saturated carbocycles. The van der Waals surface area contributed by atoms with Gasteiger partial charge in [-0.15, -0.1) is 0 Å². The van der Waals surface area contributed by atoms with Crippen LogP contribution in [0.25, 0.3) is 0 Å². The second kappa shape index (κ2) is 4.23. The Balaban J connectivity index is 2.68. The summed E-state index contributed by atoms with van der Waals surface area (Å²) in [6, 6.07) is 1.86. The van der Waals surface area contributed by atoms with Gasteiger partial charge in [0.05, 0.1) is 5.69 Å². The molecule has 0 unspecified atom stereocenters. The maximum absolute atomic E-state index is 5.52. The van der Waals surface area contributed by atoms with Crippen molar-refractivity contribution in [3.05, 3.63) is 16.4 Å². The summed E-state index contributed by atoms with van der Waals surface area (Å²) >= 11 is 3.27. The first-order valence-corrected chi connectivity index (χ1v) is 5.20. The first-order chi connectivity index (χ1) is 6.37. The number of nitrogens with zero attached hydrogens (tertiary/aromatic N) is 2. The summed E-state index contributed by atoms with van der Waals surface area (Å²) in [7, 11) is 0. The number of anilines is 1. The Labute approximate surface area is 92.5 Å². The van der Waals surface area contributed by atoms with Crippen molar-refractivity contribution in [3.63, 3.8) is 0 Å². The van der Waals surface area contributed by atoms with Crippen molar-refractivity contribution in [1.29, 1.82) is 0 Å². The molecule has 0 fully saturated rings. The number of hydrogen-bond acceptors (Lipinski definition) is 4. The molecule has 5 heteroatoms. The zero-order valence-electron chi connectivity index (χ0n) is 8.63. The maximum Gasteiger partial charge on any atom is 0.221 e. The van der Waals surface area contributed by atoms with Gasteiger partial charge in [-0.2, -0.15) is 0 Å². The maximum atomic E-state index is 5.52. The molecule has 0 radical (unpaired) electrons. The number of nitrogens with two attached hydrogens (primary N) is 1. The van der Waals surface area contributed by atoms with Crippen LogP contribution in [0, 0.1) is 0 Å². The lowest BCUT2D eigenvalue weighted by molar-refractivity contribution is 0.421. The molecule has 0 aliphatic carbocycles. The molecular formula is C9H15BrN4. The minimum atomic E-state index is 0.0756. The third-order valence-electron chi connectivity index (χ3n) is 1.57. The van der Waals surface area contributed by atoms with E-state index >= 15 is 0 Å². The van der Waals surface area contributed by atoms with Gasteiger partial charge in [-0.05, 0) is 42.8 Å². The Morgan fingerprint density at radius 1 is 1.43 bits per heavy atom. The van der Waals surface area contributed by atoms with Crippen molar-refractivity contribution < 1.29 is 0 Å². The molecule has 1 heterocycles. The predicted molar refractivity (Wildman–Crippen MR) is 60.7 cm³/mol. The topological polar surface area (TPSA) is 63.8 Å². The molecule has 0 spiro atoms. The molecule has 1 rings (SSSR count). The fraction of sp³-hybridized carbons (Fsp3) is 0.556. The van der Waals surface area contributed by atoms with Gasteiger partial charge in [-0.25, -0.2) is 9.97 Å². The summed E-state index contributed by atoms with van der Waals surface area (Å²) in [5.74, 6) is 0.296. The summed E-state index contributed by atoms with van der Waals surface area (Å²) in [5, 5.41) is 3.33. The van der Waals surface area contributed by atoms with Gasteiger partial charge < -0.3 is 11.1 Å². The molecule has 0 aliphatic heterocycles. The molecule has 3 N–H and O–H groups in total. The lowest BCUT2D eigenvalue weighted by Gasteiger charge is -2.20. The van der Waals surface area contributed by atoms with E-state index in [1.807, 2.05) is 6.07 Å². The highest BCUT2D eigenvalue weighted by molar-refractivity contribution is 9.10. The Hall–Kier alpha value is -0.680. The first-order valence-electron chi connectivity index (χ1n) is 4.41. The van der Waals surface area contributed by atoms with E-state index in [1.54, 1.807) is 0 Å². The van der Waals surface area contributed by atoms with Crippen LogP contribution >= 0.6 is 15.9 Å². The molecule has 0 bridgehead atoms. The number of nitrogen functional groups attached to an aromatic ring is 1. The minimum Gasteiger partial charge on any atom is -0.368 e. The molecule has 0 aromatic carbocycles. The summed E-state index contributed by atoms with van der Waals surface area (Å²) in [4.78, 5) is 8.05. The number of hydrogen-bond donors (Lipinski definition) is 2. The average Bonchev–Trinajstić information content (AvgIpc) is 1.97. The van der Waals surface area contributed by atoms with E-state index in [-0.39, 0.29) is 5.54 Å². The van der Waals surface area contributed by atoms with Crippen molar-refractivity contribution >= 4 is 21.9 Å². The van der Waals surface area contributed by atoms with Gasteiger partial charge in [0.25, 0.3) is 0 Å². The quantitative estimate of drug-likeness (QED) is 0.793. The summed E-state index contributed by atoms with van der Waals surface area (Å²) in [6.45, 7) is 7.00. The Bertz CT molecular complexity index is 299. The van der Waals surface area contributed by atoms with Gasteiger partial charge in [-0.3, -0.25) is 0 Å². The molecule has 0 aliphatic rings. The number of rotatable bonds is 2. The van der Waals surface area contributed by atoms with Crippen molar-refractivity contribution in [2.75, 3.05) is 5.73 Å². The highest BCUT2D eigenvalue weighted by Gasteiger charge is 2.09. The summed E-state index contributed by atoms with van der Waals surface area (Å²) in [5.41, 5.74) is 6.48. The molecule has 0 saturated heterocycles. The van der Waals surface area contributed by atoms with Crippen LogP contribution in [0.1, 0.15) is 26.5 Å². The van der Waals surface area contributed by atoms with E-state index in [0.717, 1.165) is 10.3 Å². The Morgan fingerprint density at radius 3 is 2.57 bits per heavy atom. The first kappa shape index (κ1) is 11.4. The highest BCUT2D eigenvalue weighted by Crippen LogP contribution is 2.10. The van der Waals surface area contributed by atoms with E-state index < -0.39 is 0 Å². The van der Waals surface area contributed by atoms with Gasteiger partial charge in [0.1, 0.15) is 4.60 Å². The SMILES string of the molecule is CC(C)(C)NCc1cc(Br)nc(N)n1.